The predicted molar refractivity (Wildman–Crippen MR) is 90.0 cm³/mol. The second-order valence-corrected chi connectivity index (χ2v) is 8.31. The van der Waals surface area contributed by atoms with Gasteiger partial charge in [0.1, 0.15) is 3.51 Å². The van der Waals surface area contributed by atoms with Crippen LogP contribution in [0.1, 0.15) is 12.8 Å². The number of hydrogen-bond donors (Lipinski definition) is 0. The summed E-state index contributed by atoms with van der Waals surface area (Å²) in [6.45, 7) is 0. The van der Waals surface area contributed by atoms with Crippen LogP contribution >= 0.6 is 20.7 Å². The van der Waals surface area contributed by atoms with Crippen molar-refractivity contribution in [2.45, 2.75) is 12.8 Å². The molecule has 3 atom stereocenters. The van der Waals surface area contributed by atoms with Crippen LogP contribution in [-0.4, -0.2) is 22.4 Å². The monoisotopic (exact) mass is 396 g/mol. The summed E-state index contributed by atoms with van der Waals surface area (Å²) in [5, 5.41) is 0. The number of methoxy groups -OCH3 is 1. The number of ether oxygens (including phenoxy) is 1. The number of halogens is 1. The summed E-state index contributed by atoms with van der Waals surface area (Å²) in [4.78, 5) is 24.8. The average molecular weight is 396 g/mol. The van der Waals surface area contributed by atoms with E-state index in [1.807, 2.05) is 30.3 Å². The van der Waals surface area contributed by atoms with Gasteiger partial charge in [0.15, 0.2) is 5.78 Å². The Bertz CT molecular complexity index is 618. The summed E-state index contributed by atoms with van der Waals surface area (Å²) in [5.41, 5.74) is 0. The second kappa shape index (κ2) is 6.22. The zero-order chi connectivity index (χ0) is 14.8. The molecule has 0 N–H and O–H groups in total. The Kier molecular flexibility index (Phi) is 4.33. The lowest BCUT2D eigenvalue weighted by Gasteiger charge is -2.17. The van der Waals surface area contributed by atoms with Gasteiger partial charge in [-0.1, -0.05) is 51.1 Å². The standard InChI is InChI=1S/C17H17IO3/c1-21-17(20)15(18-13-5-3-2-4-6-13)16(19)14-10-11-7-8-12(14)9-11/h2-8,11-12,14H,9-10H2,1H3/t11-,12+,14-/m0/s1. The van der Waals surface area contributed by atoms with E-state index in [0.717, 1.165) is 16.4 Å². The van der Waals surface area contributed by atoms with E-state index in [0.29, 0.717) is 15.3 Å². The molecule has 3 nitrogen and oxygen atoms in total. The van der Waals surface area contributed by atoms with Gasteiger partial charge < -0.3 is 4.74 Å². The van der Waals surface area contributed by atoms with Gasteiger partial charge in [0, 0.05) is 9.49 Å². The molecule has 21 heavy (non-hydrogen) atoms. The molecule has 0 aliphatic heterocycles. The fraction of sp³-hybridized carbons (Fsp3) is 0.353. The Hall–Kier alpha value is -1.30. The third-order valence-corrected chi connectivity index (χ3v) is 6.99. The zero-order valence-corrected chi connectivity index (χ0v) is 13.9. The summed E-state index contributed by atoms with van der Waals surface area (Å²) in [6, 6.07) is 9.77. The number of rotatable bonds is 4. The van der Waals surface area contributed by atoms with Crippen LogP contribution in [-0.2, 0) is 14.3 Å². The summed E-state index contributed by atoms with van der Waals surface area (Å²) in [7, 11) is 1.35. The van der Waals surface area contributed by atoms with Crippen molar-refractivity contribution in [3.05, 3.63) is 46.1 Å². The molecule has 3 rings (SSSR count). The van der Waals surface area contributed by atoms with Crippen molar-refractivity contribution in [3.63, 3.8) is 0 Å². The molecule has 0 heterocycles. The molecule has 1 aromatic rings. The highest BCUT2D eigenvalue weighted by Crippen LogP contribution is 2.44. The molecule has 1 fully saturated rings. The van der Waals surface area contributed by atoms with E-state index in [9.17, 15) is 9.59 Å². The molecule has 0 aromatic heterocycles. The van der Waals surface area contributed by atoms with Crippen molar-refractivity contribution in [3.8, 4) is 0 Å². The molecule has 1 aromatic carbocycles. The summed E-state index contributed by atoms with van der Waals surface area (Å²) in [6.07, 6.45) is 6.30. The van der Waals surface area contributed by atoms with Gasteiger partial charge in [-0.2, -0.15) is 0 Å². The molecule has 2 aliphatic carbocycles. The lowest BCUT2D eigenvalue weighted by molar-refractivity contribution is -0.133. The first-order valence-electron chi connectivity index (χ1n) is 7.06. The van der Waals surface area contributed by atoms with E-state index in [-0.39, 0.29) is 11.7 Å². The molecular formula is C17H17IO3. The van der Waals surface area contributed by atoms with Gasteiger partial charge in [-0.05, 0) is 36.8 Å². The molecule has 2 bridgehead atoms. The Morgan fingerprint density at radius 2 is 1.90 bits per heavy atom. The predicted octanol–water partition coefficient (Wildman–Crippen LogP) is 2.95. The fourth-order valence-corrected chi connectivity index (χ4v) is 5.61. The highest BCUT2D eigenvalue weighted by atomic mass is 127. The van der Waals surface area contributed by atoms with Gasteiger partial charge in [-0.15, -0.1) is 0 Å². The number of carbonyl (C=O) groups excluding carboxylic acids is 2. The van der Waals surface area contributed by atoms with Crippen LogP contribution in [0.25, 0.3) is 0 Å². The highest BCUT2D eigenvalue weighted by molar-refractivity contribution is 14.2. The maximum Gasteiger partial charge on any atom is 0.347 e. The number of Topliss-reactive ketones (excluding diaryl/α,β-unsaturated/α-hetero) is 1. The smallest absolute Gasteiger partial charge is 0.347 e. The van der Waals surface area contributed by atoms with Crippen molar-refractivity contribution in [2.75, 3.05) is 7.11 Å². The molecule has 110 valence electrons. The normalized spacial score (nSPS) is 27.3. The number of carbonyl (C=O) groups is 2. The fourth-order valence-electron chi connectivity index (χ4n) is 3.11. The minimum Gasteiger partial charge on any atom is -0.465 e. The van der Waals surface area contributed by atoms with Crippen LogP contribution in [0.5, 0.6) is 0 Å². The van der Waals surface area contributed by atoms with Crippen LogP contribution in [0.2, 0.25) is 0 Å². The molecular weight excluding hydrogens is 379 g/mol. The van der Waals surface area contributed by atoms with Crippen molar-refractivity contribution in [2.24, 2.45) is 17.8 Å². The van der Waals surface area contributed by atoms with Crippen LogP contribution in [0.4, 0.5) is 0 Å². The number of fused-ring (bicyclic) bond motifs is 2. The average Bonchev–Trinajstić information content (AvgIpc) is 3.15. The van der Waals surface area contributed by atoms with Crippen molar-refractivity contribution in [1.82, 2.24) is 0 Å². The number of hydrogen-bond acceptors (Lipinski definition) is 3. The van der Waals surface area contributed by atoms with Gasteiger partial charge >= 0.3 is 5.97 Å². The molecule has 0 unspecified atom stereocenters. The van der Waals surface area contributed by atoms with Gasteiger partial charge in [-0.25, -0.2) is 4.79 Å². The van der Waals surface area contributed by atoms with Crippen LogP contribution in [0.15, 0.2) is 42.5 Å². The number of benzene rings is 1. The maximum absolute atomic E-state index is 12.8. The maximum atomic E-state index is 12.8. The van der Waals surface area contributed by atoms with E-state index in [1.165, 1.54) is 7.11 Å². The number of ketones is 1. The minimum absolute atomic E-state index is 0.0162. The SMILES string of the molecule is COC(=O)C(=Ic1ccccc1)C(=O)[C@H]1C[C@H]2C=C[C@@H]1C2. The number of allylic oxidation sites excluding steroid dienone is 2. The molecule has 2 aliphatic rings. The first-order valence-corrected chi connectivity index (χ1v) is 9.22. The largest absolute Gasteiger partial charge is 0.465 e. The Balaban J connectivity index is 1.89. The van der Waals surface area contributed by atoms with Gasteiger partial charge in [0.05, 0.1) is 7.11 Å². The Morgan fingerprint density at radius 1 is 1.14 bits per heavy atom. The minimum atomic E-state index is -0.785. The highest BCUT2D eigenvalue weighted by Gasteiger charge is 2.42. The lowest BCUT2D eigenvalue weighted by atomic mass is 9.88. The summed E-state index contributed by atoms with van der Waals surface area (Å²) < 4.78 is 6.33. The van der Waals surface area contributed by atoms with Gasteiger partial charge in [-0.3, -0.25) is 4.79 Å². The molecule has 1 saturated carbocycles. The molecule has 0 radical (unpaired) electrons. The van der Waals surface area contributed by atoms with E-state index < -0.39 is 26.7 Å². The van der Waals surface area contributed by atoms with Crippen molar-refractivity contribution in [1.29, 1.82) is 0 Å². The second-order valence-electron chi connectivity index (χ2n) is 5.45. The summed E-state index contributed by atoms with van der Waals surface area (Å²) >= 11 is -0.785. The van der Waals surface area contributed by atoms with Gasteiger partial charge in [0.25, 0.3) is 0 Å². The van der Waals surface area contributed by atoms with E-state index in [1.54, 1.807) is 0 Å². The Morgan fingerprint density at radius 3 is 2.48 bits per heavy atom. The molecule has 0 spiro atoms. The topological polar surface area (TPSA) is 43.4 Å². The van der Waals surface area contributed by atoms with E-state index in [4.69, 9.17) is 4.74 Å². The third-order valence-electron chi connectivity index (χ3n) is 4.13. The Labute approximate surface area is 134 Å². The van der Waals surface area contributed by atoms with E-state index in [2.05, 4.69) is 12.2 Å². The van der Waals surface area contributed by atoms with Crippen molar-refractivity contribution < 1.29 is 14.3 Å². The van der Waals surface area contributed by atoms with Gasteiger partial charge in [0.2, 0.25) is 0 Å². The van der Waals surface area contributed by atoms with E-state index >= 15 is 0 Å². The molecule has 0 amide bonds. The quantitative estimate of drug-likeness (QED) is 0.340. The van der Waals surface area contributed by atoms with Crippen molar-refractivity contribution >= 4 is 36.0 Å². The first kappa shape index (κ1) is 14.6. The molecule has 0 saturated heterocycles. The first-order chi connectivity index (χ1) is 10.2. The lowest BCUT2D eigenvalue weighted by Crippen LogP contribution is -2.31. The zero-order valence-electron chi connectivity index (χ0n) is 11.8. The van der Waals surface area contributed by atoms with Crippen LogP contribution < -0.4 is 0 Å². The summed E-state index contributed by atoms with van der Waals surface area (Å²) in [5.74, 6) is 0.413. The van der Waals surface area contributed by atoms with Crippen LogP contribution in [0, 0.1) is 21.3 Å². The molecule has 4 heteroatoms. The van der Waals surface area contributed by atoms with Crippen LogP contribution in [0.3, 0.4) is 0 Å². The third kappa shape index (κ3) is 3.00. The number of esters is 1.